The summed E-state index contributed by atoms with van der Waals surface area (Å²) in [6.07, 6.45) is 3.76. The van der Waals surface area contributed by atoms with Crippen molar-refractivity contribution in [2.24, 2.45) is 0 Å². The molecule has 8 aromatic rings. The van der Waals surface area contributed by atoms with Crippen LogP contribution in [0.15, 0.2) is 169 Å². The highest BCUT2D eigenvalue weighted by molar-refractivity contribution is 7.00. The molecule has 0 N–H and O–H groups in total. The number of hydrogen-bond acceptors (Lipinski definition) is 4. The molecule has 7 aromatic carbocycles. The van der Waals surface area contributed by atoms with E-state index in [1.54, 1.807) is 0 Å². The largest absolute Gasteiger partial charge is 0.471 e. The Labute approximate surface area is 362 Å². The maximum Gasteiger partial charge on any atom is 0.252 e. The topological polar surface area (TPSA) is 22.9 Å². The molecule has 302 valence electrons. The first-order chi connectivity index (χ1) is 29.1. The van der Waals surface area contributed by atoms with Gasteiger partial charge in [0.25, 0.3) is 6.71 Å². The van der Waals surface area contributed by atoms with E-state index in [1.165, 1.54) is 55.8 Å². The number of furan rings is 1. The van der Waals surface area contributed by atoms with Gasteiger partial charge in [0.15, 0.2) is 0 Å². The van der Waals surface area contributed by atoms with E-state index in [0.717, 1.165) is 39.2 Å². The third-order valence-corrected chi connectivity index (χ3v) is 12.8. The first kappa shape index (κ1) is 38.7. The Kier molecular flexibility index (Phi) is 8.93. The van der Waals surface area contributed by atoms with Crippen LogP contribution >= 0.6 is 0 Å². The zero-order chi connectivity index (χ0) is 42.4. The second-order valence-corrected chi connectivity index (χ2v) is 20.0. The lowest BCUT2D eigenvalue weighted by Gasteiger charge is -2.45. The lowest BCUT2D eigenvalue weighted by atomic mass is 9.33. The van der Waals surface area contributed by atoms with Crippen molar-refractivity contribution >= 4 is 85.1 Å². The summed E-state index contributed by atoms with van der Waals surface area (Å²) in [5, 5.41) is 2.20. The molecule has 0 saturated carbocycles. The van der Waals surface area contributed by atoms with E-state index in [1.807, 2.05) is 12.5 Å². The van der Waals surface area contributed by atoms with Gasteiger partial charge in [0, 0.05) is 62.0 Å². The standard InChI is InChI=1S/C56H54BN3O/c1-54(2,3)39-20-24-44(25-21-39)58(45-26-22-40(23-27-45)55(4,5)6)46-28-29-47-50(34-46)60(43-18-14-11-15-19-43)52-33-41(56(7,8)9)32-51-53(52)57(47)48-30-37-35-61-36-38(37)31-49(48)59(51)42-16-12-10-13-17-42/h10-36H,1-9H3. The molecule has 2 aliphatic heterocycles. The monoisotopic (exact) mass is 795 g/mol. The smallest absolute Gasteiger partial charge is 0.252 e. The summed E-state index contributed by atoms with van der Waals surface area (Å²) >= 11 is 0. The third kappa shape index (κ3) is 6.62. The summed E-state index contributed by atoms with van der Waals surface area (Å²) in [6, 6.07) is 56.9. The maximum atomic E-state index is 5.86. The van der Waals surface area contributed by atoms with Crippen LogP contribution in [0.3, 0.4) is 0 Å². The van der Waals surface area contributed by atoms with Crippen molar-refractivity contribution in [3.05, 3.63) is 181 Å². The van der Waals surface area contributed by atoms with Gasteiger partial charge in [-0.2, -0.15) is 0 Å². The van der Waals surface area contributed by atoms with Crippen LogP contribution in [0.25, 0.3) is 10.8 Å². The highest BCUT2D eigenvalue weighted by atomic mass is 16.3. The van der Waals surface area contributed by atoms with Crippen molar-refractivity contribution in [2.45, 2.75) is 78.6 Å². The fraction of sp³-hybridized carbons (Fsp3) is 0.214. The summed E-state index contributed by atoms with van der Waals surface area (Å²) in [5.41, 5.74) is 18.1. The van der Waals surface area contributed by atoms with Crippen molar-refractivity contribution < 1.29 is 4.42 Å². The number of rotatable bonds is 5. The Morgan fingerprint density at radius 1 is 0.410 bits per heavy atom. The molecule has 0 unspecified atom stereocenters. The van der Waals surface area contributed by atoms with Crippen molar-refractivity contribution in [3.63, 3.8) is 0 Å². The summed E-state index contributed by atoms with van der Waals surface area (Å²) < 4.78 is 5.86. The molecule has 0 aliphatic carbocycles. The highest BCUT2D eigenvalue weighted by Crippen LogP contribution is 2.48. The second-order valence-electron chi connectivity index (χ2n) is 20.0. The van der Waals surface area contributed by atoms with Crippen LogP contribution in [-0.2, 0) is 16.2 Å². The van der Waals surface area contributed by atoms with Gasteiger partial charge in [0.1, 0.15) is 0 Å². The average Bonchev–Trinajstić information content (AvgIpc) is 3.70. The van der Waals surface area contributed by atoms with Crippen molar-refractivity contribution in [1.82, 2.24) is 0 Å². The van der Waals surface area contributed by atoms with E-state index in [-0.39, 0.29) is 23.0 Å². The van der Waals surface area contributed by atoms with Gasteiger partial charge in [-0.1, -0.05) is 135 Å². The number of fused-ring (bicyclic) bond motifs is 5. The minimum atomic E-state index is -0.113. The Balaban J connectivity index is 1.26. The first-order valence-corrected chi connectivity index (χ1v) is 21.7. The molecule has 61 heavy (non-hydrogen) atoms. The molecule has 0 saturated heterocycles. The first-order valence-electron chi connectivity index (χ1n) is 21.7. The summed E-state index contributed by atoms with van der Waals surface area (Å²) in [6.45, 7) is 20.6. The van der Waals surface area contributed by atoms with Crippen LogP contribution in [0.4, 0.5) is 51.2 Å². The SMILES string of the molecule is CC(C)(C)c1ccc(N(c2ccc(C(C)(C)C)cc2)c2ccc3c(c2)N(c2ccccc2)c2cc(C(C)(C)C)cc4c2B3c2cc3cocc3cc2N4c2ccccc2)cc1. The van der Waals surface area contributed by atoms with Gasteiger partial charge >= 0.3 is 0 Å². The third-order valence-electron chi connectivity index (χ3n) is 12.8. The molecule has 2 aliphatic rings. The van der Waals surface area contributed by atoms with Crippen molar-refractivity contribution in [1.29, 1.82) is 0 Å². The van der Waals surface area contributed by atoms with E-state index >= 15 is 0 Å². The normalized spacial score (nSPS) is 13.6. The molecule has 10 rings (SSSR count). The predicted octanol–water partition coefficient (Wildman–Crippen LogP) is 13.9. The molecule has 0 bridgehead atoms. The van der Waals surface area contributed by atoms with Crippen LogP contribution in [0.2, 0.25) is 0 Å². The molecule has 0 amide bonds. The molecule has 0 radical (unpaired) electrons. The van der Waals surface area contributed by atoms with Gasteiger partial charge in [0.05, 0.1) is 12.5 Å². The quantitative estimate of drug-likeness (QED) is 0.162. The van der Waals surface area contributed by atoms with Crippen molar-refractivity contribution in [3.8, 4) is 0 Å². The minimum absolute atomic E-state index is 0.0251. The number of hydrogen-bond donors (Lipinski definition) is 0. The number of benzene rings is 7. The van der Waals surface area contributed by atoms with Crippen LogP contribution in [-0.4, -0.2) is 6.71 Å². The van der Waals surface area contributed by atoms with Gasteiger partial charge in [-0.05, 0) is 128 Å². The fourth-order valence-corrected chi connectivity index (χ4v) is 9.40. The van der Waals surface area contributed by atoms with E-state index < -0.39 is 0 Å². The Hall–Kier alpha value is -6.46. The zero-order valence-electron chi connectivity index (χ0n) is 36.9. The molecular formula is C56H54BN3O. The van der Waals surface area contributed by atoms with E-state index in [2.05, 4.69) is 229 Å². The summed E-state index contributed by atoms with van der Waals surface area (Å²) in [5.74, 6) is 0. The predicted molar refractivity (Wildman–Crippen MR) is 261 cm³/mol. The Bertz CT molecular complexity index is 2850. The van der Waals surface area contributed by atoms with Gasteiger partial charge in [-0.3, -0.25) is 0 Å². The molecule has 4 nitrogen and oxygen atoms in total. The van der Waals surface area contributed by atoms with Crippen LogP contribution in [0.5, 0.6) is 0 Å². The van der Waals surface area contributed by atoms with Crippen LogP contribution in [0.1, 0.15) is 79.0 Å². The van der Waals surface area contributed by atoms with Gasteiger partial charge in [-0.15, -0.1) is 0 Å². The molecular weight excluding hydrogens is 741 g/mol. The summed E-state index contributed by atoms with van der Waals surface area (Å²) in [7, 11) is 0. The fourth-order valence-electron chi connectivity index (χ4n) is 9.40. The van der Waals surface area contributed by atoms with Gasteiger partial charge in [-0.25, -0.2) is 0 Å². The molecule has 1 aromatic heterocycles. The lowest BCUT2D eigenvalue weighted by Crippen LogP contribution is -2.61. The molecule has 5 heteroatoms. The number of anilines is 9. The second kappa shape index (κ2) is 14.1. The zero-order valence-corrected chi connectivity index (χ0v) is 36.9. The molecule has 0 fully saturated rings. The van der Waals surface area contributed by atoms with Crippen molar-refractivity contribution in [2.75, 3.05) is 14.7 Å². The minimum Gasteiger partial charge on any atom is -0.471 e. The van der Waals surface area contributed by atoms with Gasteiger partial charge < -0.3 is 19.1 Å². The van der Waals surface area contributed by atoms with E-state index in [0.29, 0.717) is 0 Å². The molecule has 3 heterocycles. The lowest BCUT2D eigenvalue weighted by molar-refractivity contribution is 0.572. The van der Waals surface area contributed by atoms with Crippen LogP contribution in [0, 0.1) is 0 Å². The molecule has 0 spiro atoms. The Morgan fingerprint density at radius 2 is 0.852 bits per heavy atom. The number of nitrogens with zero attached hydrogens (tertiary/aromatic N) is 3. The van der Waals surface area contributed by atoms with E-state index in [9.17, 15) is 0 Å². The summed E-state index contributed by atoms with van der Waals surface area (Å²) in [4.78, 5) is 7.44. The van der Waals surface area contributed by atoms with E-state index in [4.69, 9.17) is 4.42 Å². The molecule has 0 atom stereocenters. The Morgan fingerprint density at radius 3 is 1.33 bits per heavy atom. The van der Waals surface area contributed by atoms with Gasteiger partial charge in [0.2, 0.25) is 0 Å². The van der Waals surface area contributed by atoms with Crippen LogP contribution < -0.4 is 31.1 Å². The number of para-hydroxylation sites is 2. The average molecular weight is 796 g/mol. The highest BCUT2D eigenvalue weighted by Gasteiger charge is 2.44. The maximum absolute atomic E-state index is 5.86.